The molecular weight excluding hydrogens is 336 g/mol. The van der Waals surface area contributed by atoms with E-state index in [1.54, 1.807) is 11.3 Å². The number of rotatable bonds is 4. The summed E-state index contributed by atoms with van der Waals surface area (Å²) in [6.45, 7) is 4.60. The van der Waals surface area contributed by atoms with Crippen LogP contribution in [-0.4, -0.2) is 43.5 Å². The quantitative estimate of drug-likeness (QED) is 0.656. The molecule has 1 fully saturated rings. The van der Waals surface area contributed by atoms with Gasteiger partial charge in [0, 0.05) is 4.88 Å². The molecule has 1 N–H and O–H groups in total. The second-order valence-electron chi connectivity index (χ2n) is 7.27. The van der Waals surface area contributed by atoms with Crippen LogP contribution in [0.2, 0.25) is 0 Å². The number of carbonyl (C=O) groups excluding carboxylic acids is 2. The number of fused-ring (bicyclic) bond motifs is 1. The number of thiophene rings is 1. The van der Waals surface area contributed by atoms with E-state index in [1.165, 1.54) is 18.4 Å². The number of likely N-dealkylation sites (tertiary alicyclic amines) is 1. The molecule has 0 aromatic carbocycles. The topological polar surface area (TPSA) is 58.6 Å². The Bertz CT molecular complexity index is 633. The number of methoxy groups -OCH3 is 1. The molecule has 5 nitrogen and oxygen atoms in total. The second kappa shape index (κ2) is 8.32. The van der Waals surface area contributed by atoms with Crippen molar-refractivity contribution in [3.8, 4) is 0 Å². The molecule has 6 heteroatoms. The third-order valence-corrected chi connectivity index (χ3v) is 6.51. The molecule has 3 rings (SSSR count). The molecular formula is C19H28N2O3S. The van der Waals surface area contributed by atoms with Crippen LogP contribution in [0.5, 0.6) is 0 Å². The van der Waals surface area contributed by atoms with Crippen molar-refractivity contribution < 1.29 is 14.3 Å². The molecule has 138 valence electrons. The lowest BCUT2D eigenvalue weighted by Gasteiger charge is -2.29. The van der Waals surface area contributed by atoms with Gasteiger partial charge in [-0.25, -0.2) is 4.79 Å². The summed E-state index contributed by atoms with van der Waals surface area (Å²) in [7, 11) is 1.41. The number of anilines is 1. The monoisotopic (exact) mass is 364 g/mol. The number of ether oxygens (including phenoxy) is 1. The third kappa shape index (κ3) is 4.42. The summed E-state index contributed by atoms with van der Waals surface area (Å²) in [4.78, 5) is 28.3. The molecule has 25 heavy (non-hydrogen) atoms. The third-order valence-electron chi connectivity index (χ3n) is 5.31. The average molecular weight is 365 g/mol. The Morgan fingerprint density at radius 2 is 1.92 bits per heavy atom. The van der Waals surface area contributed by atoms with E-state index in [4.69, 9.17) is 4.74 Å². The van der Waals surface area contributed by atoms with E-state index in [1.807, 2.05) is 0 Å². The van der Waals surface area contributed by atoms with Crippen LogP contribution in [0.3, 0.4) is 0 Å². The van der Waals surface area contributed by atoms with Crippen LogP contribution in [0.25, 0.3) is 0 Å². The number of piperidine rings is 1. The number of carbonyl (C=O) groups is 2. The Hall–Kier alpha value is -1.40. The molecule has 1 aliphatic carbocycles. The van der Waals surface area contributed by atoms with Crippen molar-refractivity contribution >= 4 is 28.2 Å². The molecule has 0 radical (unpaired) electrons. The van der Waals surface area contributed by atoms with E-state index in [0.29, 0.717) is 17.1 Å². The standard InChI is InChI=1S/C19H28N2O3S/c1-13-8-10-21(11-9-13)12-16(22)20-18-17(19(23)24-2)14-6-4-3-5-7-15(14)25-18/h13H,3-12H2,1-2H3,(H,20,22). The highest BCUT2D eigenvalue weighted by atomic mass is 32.1. The van der Waals surface area contributed by atoms with Gasteiger partial charge in [-0.2, -0.15) is 0 Å². The van der Waals surface area contributed by atoms with Crippen LogP contribution in [-0.2, 0) is 22.4 Å². The SMILES string of the molecule is COC(=O)c1c(NC(=O)CN2CCC(C)CC2)sc2c1CCCCC2. The maximum atomic E-state index is 12.5. The predicted octanol–water partition coefficient (Wildman–Crippen LogP) is 3.47. The molecule has 1 amide bonds. The Balaban J connectivity index is 1.72. The van der Waals surface area contributed by atoms with Crippen LogP contribution >= 0.6 is 11.3 Å². The zero-order chi connectivity index (χ0) is 17.8. The fourth-order valence-corrected chi connectivity index (χ4v) is 5.03. The first-order valence-electron chi connectivity index (χ1n) is 9.33. The Morgan fingerprint density at radius 1 is 1.20 bits per heavy atom. The van der Waals surface area contributed by atoms with Gasteiger partial charge in [0.05, 0.1) is 19.2 Å². The zero-order valence-electron chi connectivity index (χ0n) is 15.2. The van der Waals surface area contributed by atoms with Gasteiger partial charge in [0.25, 0.3) is 0 Å². The van der Waals surface area contributed by atoms with E-state index in [9.17, 15) is 9.59 Å². The molecule has 0 spiro atoms. The summed E-state index contributed by atoms with van der Waals surface area (Å²) < 4.78 is 4.99. The molecule has 2 aliphatic rings. The van der Waals surface area contributed by atoms with E-state index in [-0.39, 0.29) is 11.9 Å². The molecule has 0 saturated carbocycles. The number of hydrogen-bond acceptors (Lipinski definition) is 5. The zero-order valence-corrected chi connectivity index (χ0v) is 16.0. The minimum absolute atomic E-state index is 0.0314. The molecule has 1 aliphatic heterocycles. The maximum absolute atomic E-state index is 12.5. The molecule has 2 heterocycles. The summed E-state index contributed by atoms with van der Waals surface area (Å²) in [5.74, 6) is 0.385. The number of nitrogens with one attached hydrogen (secondary N) is 1. The first kappa shape index (κ1) is 18.4. The lowest BCUT2D eigenvalue weighted by Crippen LogP contribution is -2.38. The fourth-order valence-electron chi connectivity index (χ4n) is 3.74. The number of aryl methyl sites for hydroxylation is 1. The van der Waals surface area contributed by atoms with Gasteiger partial charge in [0.1, 0.15) is 5.00 Å². The molecule has 1 aromatic heterocycles. The molecule has 1 saturated heterocycles. The van der Waals surface area contributed by atoms with Crippen molar-refractivity contribution in [2.24, 2.45) is 5.92 Å². The minimum atomic E-state index is -0.332. The summed E-state index contributed by atoms with van der Waals surface area (Å²) in [5.41, 5.74) is 1.68. The van der Waals surface area contributed by atoms with Crippen LogP contribution < -0.4 is 5.32 Å². The van der Waals surface area contributed by atoms with E-state index in [0.717, 1.165) is 63.1 Å². The summed E-state index contributed by atoms with van der Waals surface area (Å²) in [6, 6.07) is 0. The number of hydrogen-bond donors (Lipinski definition) is 1. The van der Waals surface area contributed by atoms with Gasteiger partial charge in [-0.05, 0) is 63.1 Å². The second-order valence-corrected chi connectivity index (χ2v) is 8.37. The highest BCUT2D eigenvalue weighted by Crippen LogP contribution is 2.38. The number of esters is 1. The largest absolute Gasteiger partial charge is 0.465 e. The van der Waals surface area contributed by atoms with Crippen LogP contribution in [0.15, 0.2) is 0 Å². The molecule has 1 aromatic rings. The first-order chi connectivity index (χ1) is 12.1. The first-order valence-corrected chi connectivity index (χ1v) is 10.1. The summed E-state index contributed by atoms with van der Waals surface area (Å²) in [6.07, 6.45) is 7.61. The van der Waals surface area contributed by atoms with Crippen LogP contribution in [0, 0.1) is 5.92 Å². The van der Waals surface area contributed by atoms with Crippen LogP contribution in [0.1, 0.15) is 59.8 Å². The predicted molar refractivity (Wildman–Crippen MR) is 100 cm³/mol. The van der Waals surface area contributed by atoms with Crippen molar-refractivity contribution in [1.29, 1.82) is 0 Å². The highest BCUT2D eigenvalue weighted by molar-refractivity contribution is 7.17. The van der Waals surface area contributed by atoms with Gasteiger partial charge in [-0.15, -0.1) is 11.3 Å². The van der Waals surface area contributed by atoms with Crippen LogP contribution in [0.4, 0.5) is 5.00 Å². The Morgan fingerprint density at radius 3 is 2.64 bits per heavy atom. The van der Waals surface area contributed by atoms with Gasteiger partial charge in [-0.1, -0.05) is 13.3 Å². The van der Waals surface area contributed by atoms with Crippen molar-refractivity contribution in [2.45, 2.75) is 51.9 Å². The average Bonchev–Trinajstić information content (AvgIpc) is 2.77. The normalized spacial score (nSPS) is 19.1. The van der Waals surface area contributed by atoms with E-state index >= 15 is 0 Å². The lowest BCUT2D eigenvalue weighted by molar-refractivity contribution is -0.117. The van der Waals surface area contributed by atoms with Gasteiger partial charge in [-0.3, -0.25) is 9.69 Å². The molecule has 0 bridgehead atoms. The Labute approximate surface area is 153 Å². The van der Waals surface area contributed by atoms with Gasteiger partial charge >= 0.3 is 5.97 Å². The fraction of sp³-hybridized carbons (Fsp3) is 0.684. The Kier molecular flexibility index (Phi) is 6.12. The van der Waals surface area contributed by atoms with E-state index < -0.39 is 0 Å². The smallest absolute Gasteiger partial charge is 0.341 e. The van der Waals surface area contributed by atoms with Gasteiger partial charge in [0.2, 0.25) is 5.91 Å². The number of amides is 1. The van der Waals surface area contributed by atoms with E-state index in [2.05, 4.69) is 17.1 Å². The van der Waals surface area contributed by atoms with Gasteiger partial charge in [0.15, 0.2) is 0 Å². The molecule has 0 unspecified atom stereocenters. The minimum Gasteiger partial charge on any atom is -0.465 e. The highest BCUT2D eigenvalue weighted by Gasteiger charge is 2.27. The maximum Gasteiger partial charge on any atom is 0.341 e. The number of nitrogens with zero attached hydrogens (tertiary/aromatic N) is 1. The summed E-state index contributed by atoms with van der Waals surface area (Å²) >= 11 is 1.56. The van der Waals surface area contributed by atoms with Crippen molar-refractivity contribution in [2.75, 3.05) is 32.1 Å². The molecule has 0 atom stereocenters. The van der Waals surface area contributed by atoms with Gasteiger partial charge < -0.3 is 10.1 Å². The summed E-state index contributed by atoms with van der Waals surface area (Å²) in [5, 5.41) is 3.67. The van der Waals surface area contributed by atoms with Crippen molar-refractivity contribution in [3.63, 3.8) is 0 Å². The van der Waals surface area contributed by atoms with Crippen molar-refractivity contribution in [1.82, 2.24) is 4.90 Å². The van der Waals surface area contributed by atoms with Crippen molar-refractivity contribution in [3.05, 3.63) is 16.0 Å². The lowest BCUT2D eigenvalue weighted by atomic mass is 9.99.